The Kier molecular flexibility index (Phi) is 16.8. The fourth-order valence-corrected chi connectivity index (χ4v) is 4.51. The maximum absolute atomic E-state index is 12.0. The van der Waals surface area contributed by atoms with Gasteiger partial charge in [-0.05, 0) is 12.8 Å². The van der Waals surface area contributed by atoms with Crippen molar-refractivity contribution in [1.82, 2.24) is 0 Å². The molecule has 0 aliphatic carbocycles. The second kappa shape index (κ2) is 16.8. The second-order valence-electron chi connectivity index (χ2n) is 7.10. The number of hydrogen-bond donors (Lipinski definition) is 0. The van der Waals surface area contributed by atoms with E-state index in [4.69, 9.17) is 0 Å². The molecule has 0 aromatic rings. The average molecular weight is 347 g/mol. The zero-order chi connectivity index (χ0) is 17.2. The Morgan fingerprint density at radius 1 is 0.435 bits per heavy atom. The van der Waals surface area contributed by atoms with Crippen LogP contribution in [-0.2, 0) is 9.84 Å². The van der Waals surface area contributed by atoms with Crippen LogP contribution in [0.4, 0.5) is 0 Å². The molecule has 0 saturated heterocycles. The average Bonchev–Trinajstić information content (AvgIpc) is 2.52. The summed E-state index contributed by atoms with van der Waals surface area (Å²) in [4.78, 5) is 0. The van der Waals surface area contributed by atoms with Crippen LogP contribution in [-0.4, -0.2) is 19.9 Å². The van der Waals surface area contributed by atoms with Crippen LogP contribution in [0.1, 0.15) is 117 Å². The lowest BCUT2D eigenvalue weighted by Crippen LogP contribution is -2.11. The zero-order valence-corrected chi connectivity index (χ0v) is 16.8. The molecule has 3 heteroatoms. The van der Waals surface area contributed by atoms with E-state index in [1.165, 1.54) is 77.0 Å². The summed E-state index contributed by atoms with van der Waals surface area (Å²) in [6, 6.07) is 0. The summed E-state index contributed by atoms with van der Waals surface area (Å²) in [5, 5.41) is 0. The van der Waals surface area contributed by atoms with Gasteiger partial charge in [-0.15, -0.1) is 0 Å². The molecule has 0 aromatic carbocycles. The monoisotopic (exact) mass is 346 g/mol. The second-order valence-corrected chi connectivity index (χ2v) is 9.41. The highest BCUT2D eigenvalue weighted by atomic mass is 32.2. The van der Waals surface area contributed by atoms with Crippen molar-refractivity contribution in [3.63, 3.8) is 0 Å². The van der Waals surface area contributed by atoms with Gasteiger partial charge in [0.15, 0.2) is 0 Å². The Bertz CT molecular complexity index is 297. The van der Waals surface area contributed by atoms with Crippen molar-refractivity contribution in [3.05, 3.63) is 0 Å². The number of rotatable bonds is 18. The maximum Gasteiger partial charge on any atom is 0.150 e. The zero-order valence-electron chi connectivity index (χ0n) is 16.0. The molecule has 0 aliphatic heterocycles. The van der Waals surface area contributed by atoms with Gasteiger partial charge in [0.25, 0.3) is 0 Å². The van der Waals surface area contributed by atoms with Gasteiger partial charge >= 0.3 is 0 Å². The van der Waals surface area contributed by atoms with E-state index >= 15 is 0 Å². The van der Waals surface area contributed by atoms with Crippen molar-refractivity contribution >= 4 is 9.84 Å². The van der Waals surface area contributed by atoms with Gasteiger partial charge < -0.3 is 0 Å². The minimum atomic E-state index is -2.78. The molecule has 23 heavy (non-hydrogen) atoms. The topological polar surface area (TPSA) is 34.1 Å². The fraction of sp³-hybridized carbons (Fsp3) is 1.00. The Morgan fingerprint density at radius 2 is 0.696 bits per heavy atom. The number of hydrogen-bond acceptors (Lipinski definition) is 2. The smallest absolute Gasteiger partial charge is 0.150 e. The third kappa shape index (κ3) is 18.1. The normalized spacial score (nSPS) is 11.9. The van der Waals surface area contributed by atoms with Crippen LogP contribution < -0.4 is 0 Å². The van der Waals surface area contributed by atoms with E-state index in [0.717, 1.165) is 25.7 Å². The predicted molar refractivity (Wildman–Crippen MR) is 104 cm³/mol. The summed E-state index contributed by atoms with van der Waals surface area (Å²) < 4.78 is 24.0. The summed E-state index contributed by atoms with van der Waals surface area (Å²) in [5.74, 6) is 0.830. The highest BCUT2D eigenvalue weighted by Gasteiger charge is 2.09. The van der Waals surface area contributed by atoms with Crippen molar-refractivity contribution in [3.8, 4) is 0 Å². The molecule has 0 amide bonds. The first kappa shape index (κ1) is 22.9. The number of sulfone groups is 1. The van der Waals surface area contributed by atoms with Crippen LogP contribution in [0.3, 0.4) is 0 Å². The van der Waals surface area contributed by atoms with Crippen LogP contribution in [0.15, 0.2) is 0 Å². The fourth-order valence-electron chi connectivity index (χ4n) is 3.01. The molecular weight excluding hydrogens is 304 g/mol. The van der Waals surface area contributed by atoms with Crippen molar-refractivity contribution < 1.29 is 8.42 Å². The van der Waals surface area contributed by atoms with Gasteiger partial charge in [-0.1, -0.05) is 104 Å². The largest absolute Gasteiger partial charge is 0.229 e. The van der Waals surface area contributed by atoms with Crippen molar-refractivity contribution in [2.45, 2.75) is 117 Å². The number of unbranched alkanes of at least 4 members (excludes halogenated alkanes) is 14. The molecule has 0 aromatic heterocycles. The van der Waals surface area contributed by atoms with E-state index in [1.54, 1.807) is 0 Å². The van der Waals surface area contributed by atoms with Crippen molar-refractivity contribution in [2.24, 2.45) is 0 Å². The summed E-state index contributed by atoms with van der Waals surface area (Å²) in [5.41, 5.74) is 0. The quantitative estimate of drug-likeness (QED) is 0.259. The lowest BCUT2D eigenvalue weighted by molar-refractivity contribution is 0.564. The van der Waals surface area contributed by atoms with Crippen molar-refractivity contribution in [2.75, 3.05) is 11.5 Å². The molecule has 2 nitrogen and oxygen atoms in total. The Balaban J connectivity index is 3.37. The molecule has 0 unspecified atom stereocenters. The van der Waals surface area contributed by atoms with Gasteiger partial charge in [0.1, 0.15) is 9.84 Å². The maximum atomic E-state index is 12.0. The molecule has 0 heterocycles. The molecule has 0 atom stereocenters. The third-order valence-corrected chi connectivity index (χ3v) is 6.44. The van der Waals surface area contributed by atoms with Crippen LogP contribution in [0, 0.1) is 0 Å². The summed E-state index contributed by atoms with van der Waals surface area (Å²) in [6.45, 7) is 4.47. The van der Waals surface area contributed by atoms with Crippen LogP contribution >= 0.6 is 0 Å². The molecule has 0 radical (unpaired) electrons. The Morgan fingerprint density at radius 3 is 1.00 bits per heavy atom. The summed E-state index contributed by atoms with van der Waals surface area (Å²) >= 11 is 0. The minimum Gasteiger partial charge on any atom is -0.229 e. The molecule has 0 bridgehead atoms. The molecule has 0 aliphatic rings. The van der Waals surface area contributed by atoms with Crippen LogP contribution in [0.5, 0.6) is 0 Å². The first-order valence-corrected chi connectivity index (χ1v) is 12.1. The standard InChI is InChI=1S/C20H42O2S/c1-3-5-7-9-11-13-15-17-19-23(21,22)20-18-16-14-12-10-8-6-4-2/h3-20H2,1-2H3. The highest BCUT2D eigenvalue weighted by molar-refractivity contribution is 7.91. The lowest BCUT2D eigenvalue weighted by Gasteiger charge is -2.05. The highest BCUT2D eigenvalue weighted by Crippen LogP contribution is 2.12. The molecule has 0 rings (SSSR count). The first-order chi connectivity index (χ1) is 11.1. The molecule has 140 valence electrons. The molecule has 0 spiro atoms. The predicted octanol–water partition coefficient (Wildman–Crippen LogP) is 6.68. The van der Waals surface area contributed by atoms with Gasteiger partial charge in [0.2, 0.25) is 0 Å². The summed E-state index contributed by atoms with van der Waals surface area (Å²) in [7, 11) is -2.78. The van der Waals surface area contributed by atoms with E-state index in [0.29, 0.717) is 11.5 Å². The van der Waals surface area contributed by atoms with E-state index in [-0.39, 0.29) is 0 Å². The third-order valence-electron chi connectivity index (χ3n) is 4.62. The van der Waals surface area contributed by atoms with Gasteiger partial charge in [-0.25, -0.2) is 8.42 Å². The van der Waals surface area contributed by atoms with Crippen LogP contribution in [0.2, 0.25) is 0 Å². The van der Waals surface area contributed by atoms with Gasteiger partial charge in [0, 0.05) is 0 Å². The Hall–Kier alpha value is -0.0500. The molecule has 0 saturated carbocycles. The SMILES string of the molecule is CCCCCCCCCCS(=O)(=O)CCCCCCCCCC. The van der Waals surface area contributed by atoms with Crippen LogP contribution in [0.25, 0.3) is 0 Å². The molecule has 0 fully saturated rings. The van der Waals surface area contributed by atoms with E-state index in [2.05, 4.69) is 13.8 Å². The first-order valence-electron chi connectivity index (χ1n) is 10.3. The van der Waals surface area contributed by atoms with Crippen molar-refractivity contribution in [1.29, 1.82) is 0 Å². The lowest BCUT2D eigenvalue weighted by atomic mass is 10.1. The van der Waals surface area contributed by atoms with E-state index < -0.39 is 9.84 Å². The van der Waals surface area contributed by atoms with E-state index in [9.17, 15) is 8.42 Å². The Labute approximate surface area is 146 Å². The minimum absolute atomic E-state index is 0.415. The van der Waals surface area contributed by atoms with E-state index in [1.807, 2.05) is 0 Å². The van der Waals surface area contributed by atoms with Gasteiger partial charge in [0.05, 0.1) is 11.5 Å². The van der Waals surface area contributed by atoms with Gasteiger partial charge in [-0.3, -0.25) is 0 Å². The summed E-state index contributed by atoms with van der Waals surface area (Å²) in [6.07, 6.45) is 19.4. The molecular formula is C20H42O2S. The van der Waals surface area contributed by atoms with Gasteiger partial charge in [-0.2, -0.15) is 0 Å². The molecule has 0 N–H and O–H groups in total.